The zero-order valence-electron chi connectivity index (χ0n) is 16.3. The molecule has 0 bridgehead atoms. The summed E-state index contributed by atoms with van der Waals surface area (Å²) in [6, 6.07) is 14.1. The Kier molecular flexibility index (Phi) is 6.86. The van der Waals surface area contributed by atoms with Crippen molar-refractivity contribution in [1.29, 1.82) is 0 Å². The number of nitrogens with one attached hydrogen (secondary N) is 2. The fraction of sp³-hybridized carbons (Fsp3) is 0.409. The number of rotatable bonds is 6. The van der Waals surface area contributed by atoms with E-state index in [-0.39, 0.29) is 23.4 Å². The Labute approximate surface area is 167 Å². The number of benzene rings is 2. The van der Waals surface area contributed by atoms with Crippen molar-refractivity contribution in [2.45, 2.75) is 62.9 Å². The number of hydrogen-bond donors (Lipinski definition) is 2. The topological polar surface area (TPSA) is 75.3 Å². The third-order valence-corrected chi connectivity index (χ3v) is 6.62. The van der Waals surface area contributed by atoms with Crippen molar-refractivity contribution in [2.24, 2.45) is 0 Å². The molecule has 2 N–H and O–H groups in total. The molecule has 0 atom stereocenters. The minimum Gasteiger partial charge on any atom is -0.349 e. The molecule has 0 spiro atoms. The molecule has 3 rings (SSSR count). The average molecular weight is 401 g/mol. The van der Waals surface area contributed by atoms with Gasteiger partial charge in [0.25, 0.3) is 5.91 Å². The number of sulfonamides is 1. The van der Waals surface area contributed by atoms with Gasteiger partial charge < -0.3 is 5.32 Å². The van der Waals surface area contributed by atoms with Gasteiger partial charge in [-0.2, -0.15) is 0 Å². The fourth-order valence-corrected chi connectivity index (χ4v) is 4.46. The van der Waals surface area contributed by atoms with Crippen molar-refractivity contribution in [1.82, 2.24) is 10.0 Å². The summed E-state index contributed by atoms with van der Waals surface area (Å²) in [5.74, 6) is -0.0568. The van der Waals surface area contributed by atoms with E-state index in [1.807, 2.05) is 6.92 Å². The van der Waals surface area contributed by atoms with Crippen LogP contribution >= 0.6 is 0 Å². The summed E-state index contributed by atoms with van der Waals surface area (Å²) in [6.45, 7) is 2.10. The van der Waals surface area contributed by atoms with Gasteiger partial charge in [0.2, 0.25) is 10.0 Å². The molecule has 0 unspecified atom stereocenters. The van der Waals surface area contributed by atoms with Gasteiger partial charge in [0.15, 0.2) is 0 Å². The molecule has 1 aliphatic rings. The highest BCUT2D eigenvalue weighted by molar-refractivity contribution is 7.89. The van der Waals surface area contributed by atoms with E-state index in [0.29, 0.717) is 5.56 Å². The summed E-state index contributed by atoms with van der Waals surface area (Å²) in [6.07, 6.45) is 6.93. The van der Waals surface area contributed by atoms with Gasteiger partial charge in [-0.1, -0.05) is 55.5 Å². The number of carbonyl (C=O) groups excluding carboxylic acids is 1. The molecule has 2 aromatic carbocycles. The van der Waals surface area contributed by atoms with E-state index in [1.165, 1.54) is 25.7 Å². The Morgan fingerprint density at radius 1 is 0.929 bits per heavy atom. The predicted molar refractivity (Wildman–Crippen MR) is 111 cm³/mol. The molecule has 150 valence electrons. The van der Waals surface area contributed by atoms with E-state index < -0.39 is 10.0 Å². The number of carbonyl (C=O) groups is 1. The molecule has 1 aliphatic carbocycles. The summed E-state index contributed by atoms with van der Waals surface area (Å²) in [4.78, 5) is 12.7. The molecule has 1 amide bonds. The summed E-state index contributed by atoms with van der Waals surface area (Å²) in [5, 5.41) is 3.13. The summed E-state index contributed by atoms with van der Waals surface area (Å²) in [5.41, 5.74) is 2.42. The molecule has 28 heavy (non-hydrogen) atoms. The first kappa shape index (κ1) is 20.6. The highest BCUT2D eigenvalue weighted by Gasteiger charge is 2.16. The van der Waals surface area contributed by atoms with Crippen molar-refractivity contribution < 1.29 is 13.2 Å². The highest BCUT2D eigenvalue weighted by atomic mass is 32.2. The fourth-order valence-electron chi connectivity index (χ4n) is 3.45. The Bertz CT molecular complexity index is 882. The summed E-state index contributed by atoms with van der Waals surface area (Å²) < 4.78 is 27.3. The zero-order valence-corrected chi connectivity index (χ0v) is 17.1. The molecule has 0 aromatic heterocycles. The zero-order chi connectivity index (χ0) is 20.0. The number of amides is 1. The van der Waals surface area contributed by atoms with Gasteiger partial charge >= 0.3 is 0 Å². The Hall–Kier alpha value is -2.18. The second kappa shape index (κ2) is 9.34. The normalized spacial score (nSPS) is 15.8. The Morgan fingerprint density at radius 2 is 1.54 bits per heavy atom. The third-order valence-electron chi connectivity index (χ3n) is 5.20. The molecule has 5 nitrogen and oxygen atoms in total. The van der Waals surface area contributed by atoms with E-state index in [1.54, 1.807) is 48.5 Å². The molecule has 1 saturated carbocycles. The van der Waals surface area contributed by atoms with Crippen molar-refractivity contribution in [3.05, 3.63) is 65.2 Å². The first-order valence-corrected chi connectivity index (χ1v) is 11.4. The molecule has 2 aromatic rings. The molecular formula is C22H28N2O3S. The first-order chi connectivity index (χ1) is 13.4. The van der Waals surface area contributed by atoms with Crippen LogP contribution in [-0.4, -0.2) is 20.4 Å². The van der Waals surface area contributed by atoms with Gasteiger partial charge in [0, 0.05) is 18.2 Å². The van der Waals surface area contributed by atoms with Crippen LogP contribution in [-0.2, 0) is 16.6 Å². The van der Waals surface area contributed by atoms with Crippen LogP contribution in [0.1, 0.15) is 60.0 Å². The van der Waals surface area contributed by atoms with Gasteiger partial charge in [-0.05, 0) is 49.6 Å². The molecular weight excluding hydrogens is 372 g/mol. The third kappa shape index (κ3) is 5.66. The van der Waals surface area contributed by atoms with Crippen molar-refractivity contribution in [3.8, 4) is 0 Å². The standard InChI is InChI=1S/C22H28N2O3S/c1-17-8-14-21(15-9-17)28(26,27)23-16-18-10-12-19(13-11-18)22(25)24-20-6-4-2-3-5-7-20/h8-15,20,23H,2-7,16H2,1H3,(H,24,25). The lowest BCUT2D eigenvalue weighted by atomic mass is 10.1. The molecule has 0 radical (unpaired) electrons. The lowest BCUT2D eigenvalue weighted by Crippen LogP contribution is -2.34. The van der Waals surface area contributed by atoms with Gasteiger partial charge in [-0.15, -0.1) is 0 Å². The van der Waals surface area contributed by atoms with E-state index >= 15 is 0 Å². The van der Waals surface area contributed by atoms with Crippen LogP contribution in [0.3, 0.4) is 0 Å². The minimum absolute atomic E-state index is 0.0568. The predicted octanol–water partition coefficient (Wildman–Crippen LogP) is 3.93. The van der Waals surface area contributed by atoms with E-state index in [9.17, 15) is 13.2 Å². The second-order valence-electron chi connectivity index (χ2n) is 7.50. The van der Waals surface area contributed by atoms with Crippen LogP contribution in [0.15, 0.2) is 53.4 Å². The average Bonchev–Trinajstić information content (AvgIpc) is 2.96. The van der Waals surface area contributed by atoms with Crippen LogP contribution in [0.5, 0.6) is 0 Å². The van der Waals surface area contributed by atoms with Gasteiger partial charge in [-0.3, -0.25) is 4.79 Å². The maximum Gasteiger partial charge on any atom is 0.251 e. The van der Waals surface area contributed by atoms with Crippen LogP contribution < -0.4 is 10.0 Å². The summed E-state index contributed by atoms with van der Waals surface area (Å²) in [7, 11) is -3.55. The van der Waals surface area contributed by atoms with Crippen molar-refractivity contribution in [3.63, 3.8) is 0 Å². The van der Waals surface area contributed by atoms with E-state index in [0.717, 1.165) is 24.0 Å². The second-order valence-corrected chi connectivity index (χ2v) is 9.26. The monoisotopic (exact) mass is 400 g/mol. The Morgan fingerprint density at radius 3 is 2.14 bits per heavy atom. The maximum atomic E-state index is 12.4. The van der Waals surface area contributed by atoms with Crippen molar-refractivity contribution >= 4 is 15.9 Å². The minimum atomic E-state index is -3.55. The number of aryl methyl sites for hydroxylation is 1. The number of hydrogen-bond acceptors (Lipinski definition) is 3. The Balaban J connectivity index is 1.56. The molecule has 0 saturated heterocycles. The van der Waals surface area contributed by atoms with Crippen LogP contribution in [0, 0.1) is 6.92 Å². The largest absolute Gasteiger partial charge is 0.349 e. The smallest absolute Gasteiger partial charge is 0.251 e. The molecule has 1 fully saturated rings. The quantitative estimate of drug-likeness (QED) is 0.722. The lowest BCUT2D eigenvalue weighted by Gasteiger charge is -2.16. The van der Waals surface area contributed by atoms with Gasteiger partial charge in [0.05, 0.1) is 4.90 Å². The van der Waals surface area contributed by atoms with E-state index in [2.05, 4.69) is 10.0 Å². The van der Waals surface area contributed by atoms with E-state index in [4.69, 9.17) is 0 Å². The molecule has 6 heteroatoms. The first-order valence-electron chi connectivity index (χ1n) is 9.90. The van der Waals surface area contributed by atoms with Gasteiger partial charge in [-0.25, -0.2) is 13.1 Å². The van der Waals surface area contributed by atoms with Crippen molar-refractivity contribution in [2.75, 3.05) is 0 Å². The van der Waals surface area contributed by atoms with Crippen LogP contribution in [0.4, 0.5) is 0 Å². The van der Waals surface area contributed by atoms with Crippen LogP contribution in [0.25, 0.3) is 0 Å². The summed E-state index contributed by atoms with van der Waals surface area (Å²) >= 11 is 0. The van der Waals surface area contributed by atoms with Crippen LogP contribution in [0.2, 0.25) is 0 Å². The SMILES string of the molecule is Cc1ccc(S(=O)(=O)NCc2ccc(C(=O)NC3CCCCCC3)cc2)cc1. The van der Waals surface area contributed by atoms with Gasteiger partial charge in [0.1, 0.15) is 0 Å². The lowest BCUT2D eigenvalue weighted by molar-refractivity contribution is 0.0933. The maximum absolute atomic E-state index is 12.4. The highest BCUT2D eigenvalue weighted by Crippen LogP contribution is 2.18. The molecule has 0 heterocycles. The molecule has 0 aliphatic heterocycles.